The molecule has 5 rings (SSSR count). The van der Waals surface area contributed by atoms with Crippen molar-refractivity contribution < 1.29 is 39.6 Å². The van der Waals surface area contributed by atoms with Gasteiger partial charge >= 0.3 is 0 Å². The van der Waals surface area contributed by atoms with Crippen molar-refractivity contribution in [2.24, 2.45) is 29.4 Å². The van der Waals surface area contributed by atoms with Gasteiger partial charge in [0.2, 0.25) is 5.91 Å². The monoisotopic (exact) mass is 529 g/mol. The number of Topliss-reactive ketones (excluding diaryl/α,β-unsaturated/α-hetero) is 3. The second-order valence-electron chi connectivity index (χ2n) is 11.5. The van der Waals surface area contributed by atoms with E-state index in [0.717, 1.165) is 32.4 Å². The molecule has 38 heavy (non-hydrogen) atoms. The number of rotatable bonds is 4. The van der Waals surface area contributed by atoms with Gasteiger partial charge in [-0.2, -0.15) is 0 Å². The number of benzene rings is 1. The number of phenolic OH excluding ortho intramolecular Hbond substituents is 1. The third-order valence-corrected chi connectivity index (χ3v) is 9.17. The Morgan fingerprint density at radius 1 is 1.08 bits per heavy atom. The fourth-order valence-electron chi connectivity index (χ4n) is 7.34. The smallest absolute Gasteiger partial charge is 0.230 e. The molecule has 0 spiro atoms. The number of aliphatic hydroxyl groups excluding tert-OH is 2. The minimum absolute atomic E-state index is 0.0396. The van der Waals surface area contributed by atoms with E-state index in [2.05, 4.69) is 4.90 Å². The van der Waals surface area contributed by atoms with E-state index in [1.54, 1.807) is 12.1 Å². The normalized spacial score (nSPS) is 37.5. The zero-order valence-electron chi connectivity index (χ0n) is 21.5. The molecule has 3 fully saturated rings. The van der Waals surface area contributed by atoms with Crippen LogP contribution in [0.2, 0.25) is 0 Å². The maximum absolute atomic E-state index is 13.9. The fraction of sp³-hybridized carbons (Fsp3) is 0.630. The molecule has 1 amide bonds. The molecule has 11 nitrogen and oxygen atoms in total. The fourth-order valence-corrected chi connectivity index (χ4v) is 7.34. The van der Waals surface area contributed by atoms with E-state index in [4.69, 9.17) is 5.73 Å². The molecular formula is C27H35N3O8. The van der Waals surface area contributed by atoms with Crippen molar-refractivity contribution in [2.75, 3.05) is 27.2 Å². The van der Waals surface area contributed by atoms with Crippen LogP contribution in [-0.4, -0.2) is 105 Å². The molecule has 0 bridgehead atoms. The Morgan fingerprint density at radius 2 is 1.74 bits per heavy atom. The van der Waals surface area contributed by atoms with Gasteiger partial charge in [0.1, 0.15) is 11.7 Å². The Kier molecular flexibility index (Phi) is 6.72. The van der Waals surface area contributed by atoms with Crippen LogP contribution in [0.4, 0.5) is 0 Å². The largest absolute Gasteiger partial charge is 0.507 e. The van der Waals surface area contributed by atoms with Crippen molar-refractivity contribution in [3.05, 3.63) is 28.8 Å². The van der Waals surface area contributed by atoms with Gasteiger partial charge in [-0.3, -0.25) is 24.1 Å². The summed E-state index contributed by atoms with van der Waals surface area (Å²) in [5.74, 6) is -10.7. The van der Waals surface area contributed by atoms with Gasteiger partial charge in [0.15, 0.2) is 23.0 Å². The lowest BCUT2D eigenvalue weighted by molar-refractivity contribution is -0.207. The summed E-state index contributed by atoms with van der Waals surface area (Å²) < 4.78 is 0. The second kappa shape index (κ2) is 9.49. The van der Waals surface area contributed by atoms with E-state index in [0.29, 0.717) is 17.7 Å². The molecule has 0 aromatic heterocycles. The lowest BCUT2D eigenvalue weighted by Gasteiger charge is -2.56. The number of aliphatic hydroxyl groups is 3. The molecule has 1 aromatic carbocycles. The topological polar surface area (TPSA) is 182 Å². The van der Waals surface area contributed by atoms with Crippen molar-refractivity contribution >= 4 is 23.3 Å². The molecule has 206 valence electrons. The maximum atomic E-state index is 13.9. The number of hydrogen-bond donors (Lipinski definition) is 5. The van der Waals surface area contributed by atoms with E-state index in [9.17, 15) is 39.6 Å². The summed E-state index contributed by atoms with van der Waals surface area (Å²) in [7, 11) is 3.04. The van der Waals surface area contributed by atoms with Crippen LogP contribution in [0.1, 0.15) is 40.7 Å². The number of primary amides is 1. The van der Waals surface area contributed by atoms with E-state index in [1.165, 1.54) is 19.0 Å². The summed E-state index contributed by atoms with van der Waals surface area (Å²) in [4.78, 5) is 56.9. The summed E-state index contributed by atoms with van der Waals surface area (Å²) >= 11 is 0. The molecule has 3 aliphatic carbocycles. The third-order valence-electron chi connectivity index (χ3n) is 9.17. The second-order valence-corrected chi connectivity index (χ2v) is 11.5. The van der Waals surface area contributed by atoms with Gasteiger partial charge < -0.3 is 31.1 Å². The summed E-state index contributed by atoms with van der Waals surface area (Å²) in [5.41, 5.74) is 3.43. The SMILES string of the molecule is CN(C)[C@H]1C(O)C(C(N)=O)C(=O)[C@]2(O)C(=O)C3C(=O)c4c(ccc(CN5CCCCC5)c4O)C[C@@H]3[C@@H](O)[C@H]12. The highest BCUT2D eigenvalue weighted by Gasteiger charge is 2.72. The quantitative estimate of drug-likeness (QED) is 0.291. The number of aromatic hydroxyl groups is 1. The molecule has 1 saturated heterocycles. The van der Waals surface area contributed by atoms with Crippen LogP contribution in [0.5, 0.6) is 5.75 Å². The molecule has 11 heteroatoms. The van der Waals surface area contributed by atoms with E-state index < -0.39 is 70.8 Å². The Hall–Kier alpha value is -2.70. The first-order valence-corrected chi connectivity index (χ1v) is 13.1. The zero-order valence-corrected chi connectivity index (χ0v) is 21.5. The molecule has 1 aromatic rings. The number of likely N-dealkylation sites (tertiary alicyclic amines) is 1. The number of carbonyl (C=O) groups is 4. The minimum atomic E-state index is -2.91. The van der Waals surface area contributed by atoms with Crippen LogP contribution in [0, 0.1) is 23.7 Å². The van der Waals surface area contributed by atoms with Gasteiger partial charge in [-0.1, -0.05) is 18.6 Å². The highest BCUT2D eigenvalue weighted by Crippen LogP contribution is 2.51. The molecule has 1 heterocycles. The van der Waals surface area contributed by atoms with Crippen LogP contribution in [0.25, 0.3) is 0 Å². The third kappa shape index (κ3) is 3.75. The highest BCUT2D eigenvalue weighted by atomic mass is 16.3. The van der Waals surface area contributed by atoms with Gasteiger partial charge in [-0.15, -0.1) is 0 Å². The first kappa shape index (κ1) is 26.9. The van der Waals surface area contributed by atoms with Gasteiger partial charge in [0, 0.05) is 30.0 Å². The Labute approximate surface area is 220 Å². The number of likely N-dealkylation sites (N-methyl/N-ethyl adjacent to an activating group) is 1. The number of piperidine rings is 1. The Bertz CT molecular complexity index is 1200. The predicted octanol–water partition coefficient (Wildman–Crippen LogP) is -1.38. The van der Waals surface area contributed by atoms with E-state index in [-0.39, 0.29) is 17.7 Å². The first-order valence-electron chi connectivity index (χ1n) is 13.1. The van der Waals surface area contributed by atoms with Crippen molar-refractivity contribution in [3.8, 4) is 5.75 Å². The number of nitrogens with two attached hydrogens (primary N) is 1. The highest BCUT2D eigenvalue weighted by molar-refractivity contribution is 6.25. The van der Waals surface area contributed by atoms with Crippen LogP contribution in [0.3, 0.4) is 0 Å². The standard InChI is InChI=1S/C27H35N3O8/c1-29(2)19-18-21(32)14-10-12-6-7-13(11-30-8-4-3-5-9-30)20(31)15(12)22(33)16(14)24(35)27(18,38)25(36)17(23(19)34)26(28)37/h6-7,14,16-19,21,23,31-32,34,38H,3-5,8-11H2,1-2H3,(H2,28,37)/t14-,16?,17?,18-,19+,21+,23?,27+/m0/s1. The summed E-state index contributed by atoms with van der Waals surface area (Å²) in [6.07, 6.45) is 0.0605. The van der Waals surface area contributed by atoms with Crippen molar-refractivity contribution in [3.63, 3.8) is 0 Å². The summed E-state index contributed by atoms with van der Waals surface area (Å²) in [6, 6.07) is 2.29. The molecular weight excluding hydrogens is 494 g/mol. The number of fused-ring (bicyclic) bond motifs is 3. The minimum Gasteiger partial charge on any atom is -0.507 e. The number of hydrogen-bond acceptors (Lipinski definition) is 10. The lowest BCUT2D eigenvalue weighted by atomic mass is 9.51. The van der Waals surface area contributed by atoms with Gasteiger partial charge in [-0.05, 0) is 52.0 Å². The van der Waals surface area contributed by atoms with Gasteiger partial charge in [0.05, 0.1) is 23.7 Å². The number of nitrogens with zero attached hydrogens (tertiary/aromatic N) is 2. The molecule has 6 N–H and O–H groups in total. The van der Waals surface area contributed by atoms with Crippen molar-refractivity contribution in [2.45, 2.75) is 56.1 Å². The molecule has 8 atom stereocenters. The van der Waals surface area contributed by atoms with Gasteiger partial charge in [-0.25, -0.2) is 0 Å². The zero-order chi connectivity index (χ0) is 27.7. The van der Waals surface area contributed by atoms with Crippen molar-refractivity contribution in [1.82, 2.24) is 9.80 Å². The van der Waals surface area contributed by atoms with E-state index in [1.807, 2.05) is 0 Å². The average molecular weight is 530 g/mol. The van der Waals surface area contributed by atoms with Crippen molar-refractivity contribution in [1.29, 1.82) is 0 Å². The number of phenols is 1. The molecule has 3 unspecified atom stereocenters. The van der Waals surface area contributed by atoms with Gasteiger partial charge in [0.25, 0.3) is 0 Å². The Balaban J connectivity index is 1.57. The van der Waals surface area contributed by atoms with Crippen LogP contribution >= 0.6 is 0 Å². The summed E-state index contributed by atoms with van der Waals surface area (Å²) in [5, 5.41) is 45.2. The molecule has 2 saturated carbocycles. The van der Waals surface area contributed by atoms with Crippen LogP contribution in [0.15, 0.2) is 12.1 Å². The summed E-state index contributed by atoms with van der Waals surface area (Å²) in [6.45, 7) is 2.18. The first-order chi connectivity index (χ1) is 17.9. The number of amides is 1. The lowest BCUT2D eigenvalue weighted by Crippen LogP contribution is -2.78. The van der Waals surface area contributed by atoms with E-state index >= 15 is 0 Å². The average Bonchev–Trinajstić information content (AvgIpc) is 2.86. The molecule has 0 radical (unpaired) electrons. The van der Waals surface area contributed by atoms with Crippen LogP contribution < -0.4 is 5.73 Å². The number of ketones is 3. The maximum Gasteiger partial charge on any atom is 0.230 e. The molecule has 4 aliphatic rings. The molecule has 1 aliphatic heterocycles. The Morgan fingerprint density at radius 3 is 2.34 bits per heavy atom. The predicted molar refractivity (Wildman–Crippen MR) is 133 cm³/mol. The number of carbonyl (C=O) groups excluding carboxylic acids is 4. The van der Waals surface area contributed by atoms with Crippen LogP contribution in [-0.2, 0) is 27.3 Å².